The average Bonchev–Trinajstić information content (AvgIpc) is 2.96. The van der Waals surface area contributed by atoms with Gasteiger partial charge in [0.1, 0.15) is 0 Å². The fourth-order valence-electron chi connectivity index (χ4n) is 2.30. The monoisotopic (exact) mass is 340 g/mol. The van der Waals surface area contributed by atoms with Crippen LogP contribution in [0.25, 0.3) is 15.8 Å². The minimum absolute atomic E-state index is 0.143. The highest BCUT2D eigenvalue weighted by molar-refractivity contribution is 7.99. The summed E-state index contributed by atoms with van der Waals surface area (Å²) in [6.07, 6.45) is 0. The first kappa shape index (κ1) is 16.2. The van der Waals surface area contributed by atoms with E-state index in [0.29, 0.717) is 0 Å². The van der Waals surface area contributed by atoms with Crippen molar-refractivity contribution < 1.29 is 0 Å². The molecule has 3 aromatic rings. The second kappa shape index (κ2) is 6.48. The van der Waals surface area contributed by atoms with Gasteiger partial charge in [0.2, 0.25) is 0 Å². The number of hydrogen-bond donors (Lipinski definition) is 1. The van der Waals surface area contributed by atoms with E-state index in [4.69, 9.17) is 0 Å². The third-order valence-corrected chi connectivity index (χ3v) is 5.98. The first-order valence-electron chi connectivity index (χ1n) is 7.52. The maximum atomic E-state index is 4.65. The summed E-state index contributed by atoms with van der Waals surface area (Å²) in [4.78, 5) is 4.65. The summed E-state index contributed by atoms with van der Waals surface area (Å²) in [7, 11) is 0. The summed E-state index contributed by atoms with van der Waals surface area (Å²) >= 11 is 3.32. The van der Waals surface area contributed by atoms with Crippen LogP contribution >= 0.6 is 23.3 Å². The number of fused-ring (bicyclic) bond motifs is 1. The third kappa shape index (κ3) is 3.66. The summed E-state index contributed by atoms with van der Waals surface area (Å²) in [5.74, 6) is 0. The Morgan fingerprint density at radius 1 is 1.13 bits per heavy atom. The molecule has 1 N–H and O–H groups in total. The molecule has 0 unspecified atom stereocenters. The zero-order valence-corrected chi connectivity index (χ0v) is 15.2. The van der Waals surface area contributed by atoms with Crippen LogP contribution in [-0.4, -0.2) is 4.98 Å². The van der Waals surface area contributed by atoms with Gasteiger partial charge in [-0.15, -0.1) is 11.3 Å². The van der Waals surface area contributed by atoms with E-state index in [1.165, 1.54) is 15.8 Å². The van der Waals surface area contributed by atoms with Crippen LogP contribution in [0.3, 0.4) is 0 Å². The number of aromatic nitrogens is 1. The van der Waals surface area contributed by atoms with Crippen molar-refractivity contribution in [3.63, 3.8) is 0 Å². The molecule has 0 atom stereocenters. The lowest BCUT2D eigenvalue weighted by Crippen LogP contribution is -2.31. The molecule has 1 aromatic heterocycles. The van der Waals surface area contributed by atoms with E-state index in [1.54, 1.807) is 23.3 Å². The molecule has 4 heteroatoms. The maximum absolute atomic E-state index is 4.65. The topological polar surface area (TPSA) is 24.9 Å². The van der Waals surface area contributed by atoms with Gasteiger partial charge in [0.15, 0.2) is 4.34 Å². The fourth-order valence-corrected chi connectivity index (χ4v) is 4.16. The molecule has 3 rings (SSSR count). The van der Waals surface area contributed by atoms with Crippen LogP contribution < -0.4 is 4.72 Å². The van der Waals surface area contributed by atoms with E-state index < -0.39 is 0 Å². The molecule has 0 aliphatic carbocycles. The van der Waals surface area contributed by atoms with E-state index in [-0.39, 0.29) is 5.54 Å². The second-order valence-corrected chi connectivity index (χ2v) is 8.22. The Kier molecular flexibility index (Phi) is 4.57. The standard InChI is InChI=1S/C19H20N2S2/c1-13(2)14-9-11-15(12-10-14)19(3,4)21-23-18-20-16-7-5-6-8-17(16)22-18/h5-12,21H,1H2,2-4H3. The van der Waals surface area contributed by atoms with E-state index in [0.717, 1.165) is 15.4 Å². The van der Waals surface area contributed by atoms with Gasteiger partial charge in [-0.25, -0.2) is 9.71 Å². The molecule has 0 amide bonds. The Morgan fingerprint density at radius 3 is 2.48 bits per heavy atom. The number of thiazole rings is 1. The number of benzene rings is 2. The summed E-state index contributed by atoms with van der Waals surface area (Å²) in [5, 5.41) is 0. The molecule has 0 aliphatic heterocycles. The largest absolute Gasteiger partial charge is 0.248 e. The molecule has 2 nitrogen and oxygen atoms in total. The van der Waals surface area contributed by atoms with Gasteiger partial charge in [-0.05, 0) is 56.0 Å². The lowest BCUT2D eigenvalue weighted by Gasteiger charge is -2.26. The lowest BCUT2D eigenvalue weighted by molar-refractivity contribution is 0.509. The molecule has 0 spiro atoms. The minimum Gasteiger partial charge on any atom is -0.248 e. The summed E-state index contributed by atoms with van der Waals surface area (Å²) < 4.78 is 5.81. The van der Waals surface area contributed by atoms with Gasteiger partial charge in [-0.1, -0.05) is 48.6 Å². The van der Waals surface area contributed by atoms with Gasteiger partial charge in [-0.2, -0.15) is 0 Å². The molecule has 0 aliphatic rings. The molecule has 1 heterocycles. The summed E-state index contributed by atoms with van der Waals surface area (Å²) in [5.41, 5.74) is 4.44. The Hall–Kier alpha value is -1.62. The van der Waals surface area contributed by atoms with Crippen LogP contribution in [0.15, 0.2) is 59.4 Å². The average molecular weight is 341 g/mol. The number of nitrogens with zero attached hydrogens (tertiary/aromatic N) is 1. The molecular weight excluding hydrogens is 320 g/mol. The van der Waals surface area contributed by atoms with Gasteiger partial charge >= 0.3 is 0 Å². The van der Waals surface area contributed by atoms with Gasteiger partial charge in [0.25, 0.3) is 0 Å². The molecule has 118 valence electrons. The molecular formula is C19H20N2S2. The van der Waals surface area contributed by atoms with Crippen molar-refractivity contribution in [2.75, 3.05) is 0 Å². The molecule has 23 heavy (non-hydrogen) atoms. The van der Waals surface area contributed by atoms with E-state index in [1.807, 2.05) is 13.0 Å². The number of rotatable bonds is 5. The normalized spacial score (nSPS) is 11.8. The van der Waals surface area contributed by atoms with Crippen molar-refractivity contribution in [2.45, 2.75) is 30.6 Å². The highest BCUT2D eigenvalue weighted by Gasteiger charge is 2.21. The Morgan fingerprint density at radius 2 is 1.83 bits per heavy atom. The third-order valence-electron chi connectivity index (χ3n) is 3.77. The van der Waals surface area contributed by atoms with Crippen LogP contribution in [0.4, 0.5) is 0 Å². The SMILES string of the molecule is C=C(C)c1ccc(C(C)(C)NSc2nc3ccccc3s2)cc1. The first-order valence-corrected chi connectivity index (χ1v) is 9.15. The van der Waals surface area contributed by atoms with Gasteiger partial charge in [-0.3, -0.25) is 0 Å². The van der Waals surface area contributed by atoms with Gasteiger partial charge in [0, 0.05) is 5.54 Å². The van der Waals surface area contributed by atoms with Crippen molar-refractivity contribution in [1.29, 1.82) is 0 Å². The number of nitrogens with one attached hydrogen (secondary N) is 1. The Bertz CT molecular complexity index is 799. The number of allylic oxidation sites excluding steroid dienone is 1. The van der Waals surface area contributed by atoms with Crippen molar-refractivity contribution >= 4 is 39.1 Å². The summed E-state index contributed by atoms with van der Waals surface area (Å²) in [6, 6.07) is 16.8. The Balaban J connectivity index is 1.73. The molecule has 0 bridgehead atoms. The Labute approximate surface area is 145 Å². The van der Waals surface area contributed by atoms with E-state index >= 15 is 0 Å². The highest BCUT2D eigenvalue weighted by atomic mass is 32.2. The van der Waals surface area contributed by atoms with E-state index in [9.17, 15) is 0 Å². The van der Waals surface area contributed by atoms with Gasteiger partial charge < -0.3 is 0 Å². The first-order chi connectivity index (χ1) is 11.0. The van der Waals surface area contributed by atoms with Crippen LogP contribution in [-0.2, 0) is 5.54 Å². The molecule has 2 aromatic carbocycles. The highest BCUT2D eigenvalue weighted by Crippen LogP contribution is 2.31. The zero-order chi connectivity index (χ0) is 16.4. The smallest absolute Gasteiger partial charge is 0.166 e. The van der Waals surface area contributed by atoms with Crippen LogP contribution in [0.2, 0.25) is 0 Å². The van der Waals surface area contributed by atoms with Crippen LogP contribution in [0.1, 0.15) is 31.9 Å². The van der Waals surface area contributed by atoms with Gasteiger partial charge in [0.05, 0.1) is 10.2 Å². The number of hydrogen-bond acceptors (Lipinski definition) is 4. The van der Waals surface area contributed by atoms with Crippen molar-refractivity contribution in [3.05, 3.63) is 66.2 Å². The van der Waals surface area contributed by atoms with Crippen molar-refractivity contribution in [3.8, 4) is 0 Å². The molecule has 0 saturated carbocycles. The quantitative estimate of drug-likeness (QED) is 0.589. The predicted octanol–water partition coefficient (Wildman–Crippen LogP) is 5.86. The van der Waals surface area contributed by atoms with Crippen molar-refractivity contribution in [1.82, 2.24) is 9.71 Å². The maximum Gasteiger partial charge on any atom is 0.166 e. The minimum atomic E-state index is -0.143. The van der Waals surface area contributed by atoms with Crippen molar-refractivity contribution in [2.24, 2.45) is 0 Å². The summed E-state index contributed by atoms with van der Waals surface area (Å²) in [6.45, 7) is 10.4. The molecule has 0 radical (unpaired) electrons. The zero-order valence-electron chi connectivity index (χ0n) is 13.6. The second-order valence-electron chi connectivity index (χ2n) is 6.13. The lowest BCUT2D eigenvalue weighted by atomic mass is 9.94. The van der Waals surface area contributed by atoms with Crippen LogP contribution in [0.5, 0.6) is 0 Å². The predicted molar refractivity (Wildman–Crippen MR) is 103 cm³/mol. The molecule has 0 fully saturated rings. The fraction of sp³-hybridized carbons (Fsp3) is 0.211. The van der Waals surface area contributed by atoms with E-state index in [2.05, 4.69) is 72.6 Å². The van der Waals surface area contributed by atoms with Crippen LogP contribution in [0, 0.1) is 0 Å². The molecule has 0 saturated heterocycles. The number of para-hydroxylation sites is 1.